The number of hydrogen-bond donors (Lipinski definition) is 1. The van der Waals surface area contributed by atoms with E-state index in [-0.39, 0.29) is 17.5 Å². The summed E-state index contributed by atoms with van der Waals surface area (Å²) in [6.45, 7) is 0.397. The van der Waals surface area contributed by atoms with E-state index in [0.29, 0.717) is 28.1 Å². The van der Waals surface area contributed by atoms with Crippen molar-refractivity contribution in [3.8, 4) is 17.6 Å². The van der Waals surface area contributed by atoms with Crippen LogP contribution in [0.15, 0.2) is 46.4 Å². The Labute approximate surface area is 198 Å². The average molecular weight is 581 g/mol. The zero-order valence-electron chi connectivity index (χ0n) is 16.6. The van der Waals surface area contributed by atoms with E-state index in [4.69, 9.17) is 9.47 Å². The minimum absolute atomic E-state index is 0.0726. The monoisotopic (exact) mass is 580 g/mol. The molecule has 0 bridgehead atoms. The molecule has 0 spiro atoms. The predicted molar refractivity (Wildman–Crippen MR) is 128 cm³/mol. The van der Waals surface area contributed by atoms with E-state index >= 15 is 0 Å². The molecule has 1 amide bonds. The molecule has 1 aliphatic rings. The minimum Gasteiger partial charge on any atom is -0.493 e. The van der Waals surface area contributed by atoms with Gasteiger partial charge >= 0.3 is 0 Å². The van der Waals surface area contributed by atoms with Crippen LogP contribution >= 0.6 is 38.5 Å². The lowest BCUT2D eigenvalue weighted by Crippen LogP contribution is -2.33. The molecule has 156 valence electrons. The summed E-state index contributed by atoms with van der Waals surface area (Å²) in [6.07, 6.45) is 5.74. The summed E-state index contributed by atoms with van der Waals surface area (Å²) < 4.78 is 13.3. The molecule has 30 heavy (non-hydrogen) atoms. The Kier molecular flexibility index (Phi) is 8.16. The molecule has 0 saturated heterocycles. The van der Waals surface area contributed by atoms with Gasteiger partial charge in [0.2, 0.25) is 0 Å². The molecule has 2 aromatic rings. The third kappa shape index (κ3) is 5.99. The second kappa shape index (κ2) is 10.8. The Morgan fingerprint density at radius 1 is 1.30 bits per heavy atom. The van der Waals surface area contributed by atoms with Crippen LogP contribution in [-0.4, -0.2) is 19.1 Å². The Balaban J connectivity index is 1.77. The van der Waals surface area contributed by atoms with Crippen LogP contribution in [-0.2, 0) is 11.4 Å². The highest BCUT2D eigenvalue weighted by atomic mass is 127. The molecule has 7 heteroatoms. The Hall–Kier alpha value is -2.05. The summed E-state index contributed by atoms with van der Waals surface area (Å²) in [4.78, 5) is 12.5. The summed E-state index contributed by atoms with van der Waals surface area (Å²) in [6, 6.07) is 13.8. The zero-order chi connectivity index (χ0) is 21.5. The molecule has 0 aromatic heterocycles. The molecule has 3 rings (SSSR count). The van der Waals surface area contributed by atoms with Gasteiger partial charge in [0, 0.05) is 9.61 Å². The highest BCUT2D eigenvalue weighted by Crippen LogP contribution is 2.37. The fraction of sp³-hybridized carbons (Fsp3) is 0.304. The largest absolute Gasteiger partial charge is 0.493 e. The number of carbonyl (C=O) groups is 1. The van der Waals surface area contributed by atoms with Gasteiger partial charge in [0.25, 0.3) is 5.91 Å². The lowest BCUT2D eigenvalue weighted by atomic mass is 10.1. The second-order valence-electron chi connectivity index (χ2n) is 7.07. The molecule has 5 nitrogen and oxygen atoms in total. The maximum absolute atomic E-state index is 12.5. The van der Waals surface area contributed by atoms with Crippen LogP contribution in [0.5, 0.6) is 11.5 Å². The van der Waals surface area contributed by atoms with Crippen molar-refractivity contribution >= 4 is 50.5 Å². The number of nitriles is 1. The summed E-state index contributed by atoms with van der Waals surface area (Å²) in [5.41, 5.74) is 1.80. The molecule has 0 radical (unpaired) electrons. The van der Waals surface area contributed by atoms with E-state index in [0.717, 1.165) is 34.8 Å². The summed E-state index contributed by atoms with van der Waals surface area (Å²) >= 11 is 5.79. The molecular formula is C23H22BrIN2O3. The van der Waals surface area contributed by atoms with Gasteiger partial charge in [-0.25, -0.2) is 0 Å². The molecule has 0 unspecified atom stereocenters. The third-order valence-corrected chi connectivity index (χ3v) is 6.22. The number of nitrogens with one attached hydrogen (secondary N) is 1. The van der Waals surface area contributed by atoms with Crippen molar-refractivity contribution in [2.45, 2.75) is 38.3 Å². The smallest absolute Gasteiger partial charge is 0.262 e. The topological polar surface area (TPSA) is 71.3 Å². The van der Waals surface area contributed by atoms with Crippen LogP contribution in [0.3, 0.4) is 0 Å². The lowest BCUT2D eigenvalue weighted by Gasteiger charge is -2.14. The maximum atomic E-state index is 12.5. The first-order valence-electron chi connectivity index (χ1n) is 9.67. The fourth-order valence-corrected chi connectivity index (χ4v) is 4.28. The SMILES string of the molecule is COc1cc(/C=C(/C#N)C(=O)NC2CCCC2)cc(Br)c1OCc1ccc(I)cc1. The Morgan fingerprint density at radius 3 is 2.63 bits per heavy atom. The van der Waals surface area contributed by atoms with Crippen LogP contribution in [0.4, 0.5) is 0 Å². The normalized spacial score (nSPS) is 14.3. The number of ether oxygens (including phenoxy) is 2. The van der Waals surface area contributed by atoms with E-state index in [2.05, 4.69) is 43.8 Å². The van der Waals surface area contributed by atoms with Gasteiger partial charge in [-0.3, -0.25) is 4.79 Å². The van der Waals surface area contributed by atoms with Gasteiger partial charge in [-0.2, -0.15) is 5.26 Å². The molecule has 1 saturated carbocycles. The van der Waals surface area contributed by atoms with E-state index < -0.39 is 0 Å². The minimum atomic E-state index is -0.335. The van der Waals surface area contributed by atoms with Crippen molar-refractivity contribution < 1.29 is 14.3 Å². The summed E-state index contributed by atoms with van der Waals surface area (Å²) in [5.74, 6) is 0.760. The van der Waals surface area contributed by atoms with Crippen LogP contribution in [0, 0.1) is 14.9 Å². The summed E-state index contributed by atoms with van der Waals surface area (Å²) in [7, 11) is 1.56. The maximum Gasteiger partial charge on any atom is 0.262 e. The number of hydrogen-bond acceptors (Lipinski definition) is 4. The highest BCUT2D eigenvalue weighted by molar-refractivity contribution is 14.1. The predicted octanol–water partition coefficient (Wildman–Crippen LogP) is 5.61. The number of amides is 1. The highest BCUT2D eigenvalue weighted by Gasteiger charge is 2.20. The first kappa shape index (κ1) is 22.6. The van der Waals surface area contributed by atoms with Gasteiger partial charge in [-0.1, -0.05) is 25.0 Å². The number of halogens is 2. The molecule has 1 fully saturated rings. The van der Waals surface area contributed by atoms with E-state index in [1.165, 1.54) is 0 Å². The second-order valence-corrected chi connectivity index (χ2v) is 9.17. The Bertz CT molecular complexity index is 977. The van der Waals surface area contributed by atoms with Gasteiger partial charge in [-0.05, 0) is 92.8 Å². The van der Waals surface area contributed by atoms with E-state index in [1.807, 2.05) is 36.4 Å². The summed E-state index contributed by atoms with van der Waals surface area (Å²) in [5, 5.41) is 12.4. The standard InChI is InChI=1S/C23H22BrIN2O3/c1-29-21-12-16(10-17(13-26)23(28)27-19-4-2-3-5-19)11-20(24)22(21)30-14-15-6-8-18(25)9-7-15/h6-12,19H,2-5,14H2,1H3,(H,27,28)/b17-10-. The van der Waals surface area contributed by atoms with Crippen LogP contribution in [0.25, 0.3) is 6.08 Å². The van der Waals surface area contributed by atoms with E-state index in [1.54, 1.807) is 19.3 Å². The van der Waals surface area contributed by atoms with Gasteiger partial charge in [0.05, 0.1) is 11.6 Å². The van der Waals surface area contributed by atoms with Crippen LogP contribution in [0.2, 0.25) is 0 Å². The Morgan fingerprint density at radius 2 is 2.00 bits per heavy atom. The van der Waals surface area contributed by atoms with Crippen molar-refractivity contribution in [1.82, 2.24) is 5.32 Å². The van der Waals surface area contributed by atoms with Crippen molar-refractivity contribution in [2.75, 3.05) is 7.11 Å². The number of nitrogens with zero attached hydrogens (tertiary/aromatic N) is 1. The quantitative estimate of drug-likeness (QED) is 0.263. The molecule has 0 atom stereocenters. The van der Waals surface area contributed by atoms with Crippen molar-refractivity contribution in [3.63, 3.8) is 0 Å². The van der Waals surface area contributed by atoms with Crippen molar-refractivity contribution in [3.05, 3.63) is 61.1 Å². The molecule has 1 N–H and O–H groups in total. The van der Waals surface area contributed by atoms with Gasteiger partial charge in [0.1, 0.15) is 18.2 Å². The number of methoxy groups -OCH3 is 1. The molecule has 0 aliphatic heterocycles. The third-order valence-electron chi connectivity index (χ3n) is 4.91. The lowest BCUT2D eigenvalue weighted by molar-refractivity contribution is -0.117. The van der Waals surface area contributed by atoms with Gasteiger partial charge in [-0.15, -0.1) is 0 Å². The zero-order valence-corrected chi connectivity index (χ0v) is 20.3. The molecular weight excluding hydrogens is 559 g/mol. The van der Waals surface area contributed by atoms with Crippen molar-refractivity contribution in [1.29, 1.82) is 5.26 Å². The average Bonchev–Trinajstić information content (AvgIpc) is 3.25. The fourth-order valence-electron chi connectivity index (χ4n) is 3.35. The van der Waals surface area contributed by atoms with Gasteiger partial charge < -0.3 is 14.8 Å². The number of benzene rings is 2. The van der Waals surface area contributed by atoms with Crippen LogP contribution in [0.1, 0.15) is 36.8 Å². The van der Waals surface area contributed by atoms with E-state index in [9.17, 15) is 10.1 Å². The van der Waals surface area contributed by atoms with Crippen molar-refractivity contribution in [2.24, 2.45) is 0 Å². The molecule has 1 aliphatic carbocycles. The first-order chi connectivity index (χ1) is 14.5. The molecule has 0 heterocycles. The van der Waals surface area contributed by atoms with Crippen LogP contribution < -0.4 is 14.8 Å². The number of carbonyl (C=O) groups excluding carboxylic acids is 1. The first-order valence-corrected chi connectivity index (χ1v) is 11.5. The number of rotatable bonds is 7. The molecule has 2 aromatic carbocycles. The van der Waals surface area contributed by atoms with Gasteiger partial charge in [0.15, 0.2) is 11.5 Å².